The van der Waals surface area contributed by atoms with E-state index < -0.39 is 17.5 Å². The summed E-state index contributed by atoms with van der Waals surface area (Å²) in [5, 5.41) is 10.8. The molecule has 0 radical (unpaired) electrons. The number of thioether (sulfide) groups is 1. The summed E-state index contributed by atoms with van der Waals surface area (Å²) in [6.45, 7) is -0.00954. The molecule has 0 bridgehead atoms. The molecule has 1 fully saturated rings. The molecule has 5 nitrogen and oxygen atoms in total. The Hall–Kier alpha value is -2.81. The van der Waals surface area contributed by atoms with Crippen LogP contribution in [0.5, 0.6) is 5.75 Å². The number of nitrogens with zero attached hydrogens (tertiary/aromatic N) is 2. The van der Waals surface area contributed by atoms with Gasteiger partial charge in [0.15, 0.2) is 22.6 Å². The maximum absolute atomic E-state index is 13.5. The predicted octanol–water partition coefficient (Wildman–Crippen LogP) is 3.24. The summed E-state index contributed by atoms with van der Waals surface area (Å²) in [6, 6.07) is 8.76. The van der Waals surface area contributed by atoms with Gasteiger partial charge in [0.25, 0.3) is 0 Å². The van der Waals surface area contributed by atoms with Crippen molar-refractivity contribution in [2.75, 3.05) is 5.75 Å². The van der Waals surface area contributed by atoms with Gasteiger partial charge in [-0.05, 0) is 23.3 Å². The van der Waals surface area contributed by atoms with Crippen LogP contribution in [0.25, 0.3) is 0 Å². The molecule has 0 unspecified atom stereocenters. The van der Waals surface area contributed by atoms with Crippen LogP contribution in [-0.2, 0) is 11.4 Å². The lowest BCUT2D eigenvalue weighted by molar-refractivity contribution is -0.116. The Bertz CT molecular complexity index is 886. The van der Waals surface area contributed by atoms with E-state index in [1.165, 1.54) is 18.0 Å². The number of benzene rings is 2. The summed E-state index contributed by atoms with van der Waals surface area (Å²) < 4.78 is 44.7. The fourth-order valence-electron chi connectivity index (χ4n) is 2.01. The summed E-state index contributed by atoms with van der Waals surface area (Å²) in [5.74, 6) is -4.32. The fourth-order valence-corrected chi connectivity index (χ4v) is 2.64. The van der Waals surface area contributed by atoms with Gasteiger partial charge in [-0.1, -0.05) is 36.0 Å². The quantitative estimate of drug-likeness (QED) is 0.493. The second-order valence-corrected chi connectivity index (χ2v) is 6.15. The van der Waals surface area contributed by atoms with Gasteiger partial charge >= 0.3 is 0 Å². The van der Waals surface area contributed by atoms with Crippen LogP contribution < -0.4 is 10.1 Å². The highest BCUT2D eigenvalue weighted by Crippen LogP contribution is 2.22. The first-order chi connectivity index (χ1) is 12.5. The molecule has 3 rings (SSSR count). The minimum Gasteiger partial charge on any atom is -0.486 e. The standard InChI is InChI=1S/C17H12F3N3O2S/c18-12-5-6-13(16(20)15(12)19)25-8-11-3-1-10(2-4-11)7-21-23-17-22-14(24)9-26-17/h1-7H,8-9H2,(H,22,23,24). The predicted molar refractivity (Wildman–Crippen MR) is 92.7 cm³/mol. The minimum absolute atomic E-state index is 0.00954. The van der Waals surface area contributed by atoms with E-state index in [4.69, 9.17) is 4.74 Å². The lowest BCUT2D eigenvalue weighted by Crippen LogP contribution is -2.19. The zero-order chi connectivity index (χ0) is 18.5. The first-order valence-electron chi connectivity index (χ1n) is 7.42. The monoisotopic (exact) mass is 379 g/mol. The molecule has 1 heterocycles. The Labute approximate surface area is 151 Å². The van der Waals surface area contributed by atoms with Gasteiger partial charge in [-0.25, -0.2) is 8.78 Å². The van der Waals surface area contributed by atoms with Crippen LogP contribution in [0.15, 0.2) is 46.6 Å². The Morgan fingerprint density at radius 1 is 1.12 bits per heavy atom. The van der Waals surface area contributed by atoms with Crippen molar-refractivity contribution in [2.24, 2.45) is 10.2 Å². The lowest BCUT2D eigenvalue weighted by Gasteiger charge is -2.08. The molecule has 2 aromatic rings. The maximum Gasteiger partial charge on any atom is 0.236 e. The summed E-state index contributed by atoms with van der Waals surface area (Å²) in [5.41, 5.74) is 1.46. The summed E-state index contributed by atoms with van der Waals surface area (Å²) >= 11 is 1.27. The van der Waals surface area contributed by atoms with Crippen molar-refractivity contribution >= 4 is 29.1 Å². The van der Waals surface area contributed by atoms with E-state index in [1.807, 2.05) is 0 Å². The van der Waals surface area contributed by atoms with Crippen LogP contribution in [0.1, 0.15) is 11.1 Å². The molecule has 134 valence electrons. The Kier molecular flexibility index (Phi) is 5.57. The molecular formula is C17H12F3N3O2S. The van der Waals surface area contributed by atoms with E-state index in [0.29, 0.717) is 16.5 Å². The average molecular weight is 379 g/mol. The third kappa shape index (κ3) is 4.42. The summed E-state index contributed by atoms with van der Waals surface area (Å²) in [6.07, 6.45) is 1.51. The maximum atomic E-state index is 13.5. The van der Waals surface area contributed by atoms with E-state index in [9.17, 15) is 18.0 Å². The molecule has 1 aliphatic rings. The normalized spacial score (nSPS) is 15.7. The van der Waals surface area contributed by atoms with Gasteiger partial charge in [-0.15, -0.1) is 5.10 Å². The molecule has 1 N–H and O–H groups in total. The molecule has 0 saturated carbocycles. The van der Waals surface area contributed by atoms with Gasteiger partial charge in [-0.3, -0.25) is 4.79 Å². The van der Waals surface area contributed by atoms with Crippen molar-refractivity contribution in [2.45, 2.75) is 6.61 Å². The number of carbonyl (C=O) groups is 1. The highest BCUT2D eigenvalue weighted by atomic mass is 32.2. The Morgan fingerprint density at radius 2 is 1.88 bits per heavy atom. The van der Waals surface area contributed by atoms with E-state index >= 15 is 0 Å². The van der Waals surface area contributed by atoms with Gasteiger partial charge in [0, 0.05) is 0 Å². The number of carbonyl (C=O) groups excluding carboxylic acids is 1. The number of rotatable bonds is 5. The topological polar surface area (TPSA) is 63.0 Å². The van der Waals surface area contributed by atoms with E-state index in [2.05, 4.69) is 15.5 Å². The zero-order valence-electron chi connectivity index (χ0n) is 13.2. The van der Waals surface area contributed by atoms with Crippen molar-refractivity contribution in [1.82, 2.24) is 5.32 Å². The molecule has 1 amide bonds. The Balaban J connectivity index is 1.58. The van der Waals surface area contributed by atoms with Gasteiger partial charge in [0.2, 0.25) is 11.7 Å². The van der Waals surface area contributed by atoms with E-state index in [-0.39, 0.29) is 18.3 Å². The van der Waals surface area contributed by atoms with Crippen molar-refractivity contribution in [3.8, 4) is 5.75 Å². The van der Waals surface area contributed by atoms with Gasteiger partial charge in [0.1, 0.15) is 6.61 Å². The molecule has 9 heteroatoms. The number of amides is 1. The third-order valence-electron chi connectivity index (χ3n) is 3.32. The van der Waals surface area contributed by atoms with Gasteiger partial charge in [0.05, 0.1) is 12.0 Å². The van der Waals surface area contributed by atoms with Gasteiger partial charge < -0.3 is 10.1 Å². The zero-order valence-corrected chi connectivity index (χ0v) is 14.0. The molecule has 0 spiro atoms. The summed E-state index contributed by atoms with van der Waals surface area (Å²) in [4.78, 5) is 11.0. The van der Waals surface area contributed by atoms with Gasteiger partial charge in [-0.2, -0.15) is 9.49 Å². The van der Waals surface area contributed by atoms with Crippen LogP contribution in [0.2, 0.25) is 0 Å². The molecule has 1 saturated heterocycles. The minimum atomic E-state index is -1.56. The van der Waals surface area contributed by atoms with Crippen molar-refractivity contribution < 1.29 is 22.7 Å². The van der Waals surface area contributed by atoms with Crippen LogP contribution in [-0.4, -0.2) is 23.0 Å². The number of ether oxygens (including phenoxy) is 1. The van der Waals surface area contributed by atoms with Crippen molar-refractivity contribution in [3.63, 3.8) is 0 Å². The molecule has 1 aliphatic heterocycles. The number of nitrogens with one attached hydrogen (secondary N) is 1. The molecule has 2 aromatic carbocycles. The molecule has 26 heavy (non-hydrogen) atoms. The first-order valence-corrected chi connectivity index (χ1v) is 8.40. The number of halogens is 3. The van der Waals surface area contributed by atoms with E-state index in [1.54, 1.807) is 24.3 Å². The van der Waals surface area contributed by atoms with Crippen molar-refractivity contribution in [1.29, 1.82) is 0 Å². The highest BCUT2D eigenvalue weighted by Gasteiger charge is 2.16. The molecule has 0 aromatic heterocycles. The SMILES string of the molecule is O=C1CSC(=NN=Cc2ccc(COc3ccc(F)c(F)c3F)cc2)N1. The smallest absolute Gasteiger partial charge is 0.236 e. The summed E-state index contributed by atoms with van der Waals surface area (Å²) in [7, 11) is 0. The second-order valence-electron chi connectivity index (χ2n) is 5.19. The third-order valence-corrected chi connectivity index (χ3v) is 4.18. The fraction of sp³-hybridized carbons (Fsp3) is 0.118. The molecule has 0 atom stereocenters. The van der Waals surface area contributed by atoms with Crippen LogP contribution >= 0.6 is 11.8 Å². The molecular weight excluding hydrogens is 367 g/mol. The van der Waals surface area contributed by atoms with E-state index in [0.717, 1.165) is 17.7 Å². The number of amidine groups is 1. The van der Waals surface area contributed by atoms with Crippen LogP contribution in [0, 0.1) is 17.5 Å². The molecule has 0 aliphatic carbocycles. The number of hydrogen-bond donors (Lipinski definition) is 1. The average Bonchev–Trinajstić information content (AvgIpc) is 3.05. The number of hydrogen-bond acceptors (Lipinski definition) is 5. The first kappa shape index (κ1) is 18.0. The lowest BCUT2D eigenvalue weighted by atomic mass is 10.1. The van der Waals surface area contributed by atoms with Crippen molar-refractivity contribution in [3.05, 3.63) is 65.0 Å². The Morgan fingerprint density at radius 3 is 2.58 bits per heavy atom. The second kappa shape index (κ2) is 8.05. The highest BCUT2D eigenvalue weighted by molar-refractivity contribution is 8.15. The van der Waals surface area contributed by atoms with Crippen LogP contribution in [0.3, 0.4) is 0 Å². The van der Waals surface area contributed by atoms with Crippen LogP contribution in [0.4, 0.5) is 13.2 Å². The largest absolute Gasteiger partial charge is 0.486 e.